The number of aliphatic hydroxyl groups is 1. The highest BCUT2D eigenvalue weighted by Gasteiger charge is 2.41. The Bertz CT molecular complexity index is 261. The average Bonchev–Trinajstić information content (AvgIpc) is 2.96. The first-order chi connectivity index (χ1) is 7.03. The van der Waals surface area contributed by atoms with Gasteiger partial charge in [-0.3, -0.25) is 9.69 Å². The Kier molecular flexibility index (Phi) is 2.73. The number of carbonyl (C=O) groups is 1. The van der Waals surface area contributed by atoms with Crippen molar-refractivity contribution < 1.29 is 9.90 Å². The smallest absolute Gasteiger partial charge is 0.239 e. The molecule has 1 aliphatic carbocycles. The molecule has 86 valence electrons. The van der Waals surface area contributed by atoms with Crippen LogP contribution in [0.3, 0.4) is 0 Å². The highest BCUT2D eigenvalue weighted by molar-refractivity contribution is 5.82. The molecule has 1 amide bonds. The summed E-state index contributed by atoms with van der Waals surface area (Å²) in [5, 5.41) is 12.2. The molecule has 2 N–H and O–H groups in total. The van der Waals surface area contributed by atoms with Gasteiger partial charge in [0.15, 0.2) is 0 Å². The number of hydrogen-bond acceptors (Lipinski definition) is 3. The van der Waals surface area contributed by atoms with E-state index in [1.54, 1.807) is 0 Å². The van der Waals surface area contributed by atoms with Crippen LogP contribution in [0.2, 0.25) is 0 Å². The average molecular weight is 212 g/mol. The molecule has 2 rings (SSSR count). The zero-order chi connectivity index (χ0) is 11.1. The molecule has 0 bridgehead atoms. The minimum Gasteiger partial charge on any atom is -0.394 e. The maximum absolute atomic E-state index is 11.8. The summed E-state index contributed by atoms with van der Waals surface area (Å²) < 4.78 is 0. The largest absolute Gasteiger partial charge is 0.394 e. The summed E-state index contributed by atoms with van der Waals surface area (Å²) in [5.41, 5.74) is 0.0994. The van der Waals surface area contributed by atoms with Gasteiger partial charge >= 0.3 is 0 Å². The van der Waals surface area contributed by atoms with Gasteiger partial charge in [-0.2, -0.15) is 0 Å². The van der Waals surface area contributed by atoms with Crippen LogP contribution in [0.4, 0.5) is 0 Å². The second-order valence-electron chi connectivity index (χ2n) is 5.48. The van der Waals surface area contributed by atoms with Crippen LogP contribution in [-0.4, -0.2) is 47.7 Å². The summed E-state index contributed by atoms with van der Waals surface area (Å²) in [6, 6.07) is 0.185. The fourth-order valence-corrected chi connectivity index (χ4v) is 2.23. The first-order valence-electron chi connectivity index (χ1n) is 5.68. The van der Waals surface area contributed by atoms with Crippen LogP contribution in [0.15, 0.2) is 0 Å². The SMILES string of the molecule is CC1(C)CNC(=O)C(CO)N(C2CC2)C1. The third-order valence-corrected chi connectivity index (χ3v) is 3.24. The first kappa shape index (κ1) is 10.9. The highest BCUT2D eigenvalue weighted by atomic mass is 16.3. The second-order valence-corrected chi connectivity index (χ2v) is 5.48. The van der Waals surface area contributed by atoms with Gasteiger partial charge in [-0.1, -0.05) is 13.8 Å². The van der Waals surface area contributed by atoms with E-state index in [1.807, 2.05) is 0 Å². The van der Waals surface area contributed by atoms with Crippen molar-refractivity contribution >= 4 is 5.91 Å². The van der Waals surface area contributed by atoms with Crippen molar-refractivity contribution in [1.29, 1.82) is 0 Å². The fourth-order valence-electron chi connectivity index (χ4n) is 2.23. The van der Waals surface area contributed by atoms with Crippen molar-refractivity contribution in [1.82, 2.24) is 10.2 Å². The number of nitrogens with zero attached hydrogens (tertiary/aromatic N) is 1. The predicted octanol–water partition coefficient (Wildman–Crippen LogP) is -0.0323. The van der Waals surface area contributed by atoms with Gasteiger partial charge in [0.05, 0.1) is 6.61 Å². The van der Waals surface area contributed by atoms with Gasteiger partial charge in [0.1, 0.15) is 6.04 Å². The molecule has 0 radical (unpaired) electrons. The van der Waals surface area contributed by atoms with Crippen LogP contribution in [0.5, 0.6) is 0 Å². The van der Waals surface area contributed by atoms with E-state index in [0.29, 0.717) is 12.6 Å². The van der Waals surface area contributed by atoms with Crippen molar-refractivity contribution in [3.05, 3.63) is 0 Å². The van der Waals surface area contributed by atoms with Gasteiger partial charge in [-0.15, -0.1) is 0 Å². The minimum atomic E-state index is -0.334. The minimum absolute atomic E-state index is 0.0185. The second kappa shape index (κ2) is 3.76. The maximum atomic E-state index is 11.8. The van der Waals surface area contributed by atoms with Crippen molar-refractivity contribution in [3.8, 4) is 0 Å². The Morgan fingerprint density at radius 2 is 2.20 bits per heavy atom. The van der Waals surface area contributed by atoms with E-state index < -0.39 is 0 Å². The van der Waals surface area contributed by atoms with Gasteiger partial charge in [0.2, 0.25) is 5.91 Å². The van der Waals surface area contributed by atoms with Gasteiger partial charge < -0.3 is 10.4 Å². The molecule has 4 heteroatoms. The van der Waals surface area contributed by atoms with Crippen molar-refractivity contribution in [2.45, 2.75) is 38.8 Å². The third-order valence-electron chi connectivity index (χ3n) is 3.24. The van der Waals surface area contributed by atoms with Crippen LogP contribution >= 0.6 is 0 Å². The molecule has 1 atom stereocenters. The van der Waals surface area contributed by atoms with E-state index in [2.05, 4.69) is 24.1 Å². The molecule has 0 aromatic carbocycles. The van der Waals surface area contributed by atoms with Crippen molar-refractivity contribution in [3.63, 3.8) is 0 Å². The molecule has 1 heterocycles. The molecule has 1 saturated carbocycles. The Labute approximate surface area is 90.6 Å². The number of hydrogen-bond donors (Lipinski definition) is 2. The lowest BCUT2D eigenvalue weighted by Crippen LogP contribution is -2.48. The van der Waals surface area contributed by atoms with Crippen LogP contribution in [0, 0.1) is 5.41 Å². The molecule has 15 heavy (non-hydrogen) atoms. The van der Waals surface area contributed by atoms with E-state index in [-0.39, 0.29) is 24.0 Å². The summed E-state index contributed by atoms with van der Waals surface area (Å²) in [4.78, 5) is 13.9. The van der Waals surface area contributed by atoms with E-state index >= 15 is 0 Å². The Balaban J connectivity index is 2.16. The third kappa shape index (κ3) is 2.32. The van der Waals surface area contributed by atoms with Crippen LogP contribution < -0.4 is 5.32 Å². The zero-order valence-corrected chi connectivity index (χ0v) is 9.49. The topological polar surface area (TPSA) is 52.6 Å². The number of rotatable bonds is 2. The summed E-state index contributed by atoms with van der Waals surface area (Å²) in [6.45, 7) is 5.83. The molecule has 0 aromatic heterocycles. The predicted molar refractivity (Wildman–Crippen MR) is 57.4 cm³/mol. The van der Waals surface area contributed by atoms with E-state index in [4.69, 9.17) is 0 Å². The number of carbonyl (C=O) groups excluding carboxylic acids is 1. The maximum Gasteiger partial charge on any atom is 0.239 e. The number of nitrogens with one attached hydrogen (secondary N) is 1. The summed E-state index contributed by atoms with van der Waals surface area (Å²) >= 11 is 0. The molecule has 4 nitrogen and oxygen atoms in total. The molecule has 1 aliphatic heterocycles. The molecule has 1 saturated heterocycles. The molecule has 2 fully saturated rings. The number of aliphatic hydroxyl groups excluding tert-OH is 1. The molecule has 2 aliphatic rings. The van der Waals surface area contributed by atoms with E-state index in [0.717, 1.165) is 6.54 Å². The quantitative estimate of drug-likeness (QED) is 0.676. The molecular formula is C11H20N2O2. The lowest BCUT2D eigenvalue weighted by atomic mass is 9.93. The Hall–Kier alpha value is -0.610. The van der Waals surface area contributed by atoms with Crippen LogP contribution in [0.25, 0.3) is 0 Å². The van der Waals surface area contributed by atoms with Crippen LogP contribution in [-0.2, 0) is 4.79 Å². The first-order valence-corrected chi connectivity index (χ1v) is 5.68. The zero-order valence-electron chi connectivity index (χ0n) is 9.49. The Morgan fingerprint density at radius 1 is 1.53 bits per heavy atom. The van der Waals surface area contributed by atoms with Gasteiger partial charge in [-0.05, 0) is 18.3 Å². The molecule has 0 spiro atoms. The summed E-state index contributed by atoms with van der Waals surface area (Å²) in [6.07, 6.45) is 2.33. The van der Waals surface area contributed by atoms with Crippen molar-refractivity contribution in [2.24, 2.45) is 5.41 Å². The molecule has 0 aromatic rings. The standard InChI is InChI=1S/C11H20N2O2/c1-11(2)6-12-10(15)9(5-14)13(7-11)8-3-4-8/h8-9,14H,3-7H2,1-2H3,(H,12,15). The fraction of sp³-hybridized carbons (Fsp3) is 0.909. The summed E-state index contributed by atoms with van der Waals surface area (Å²) in [7, 11) is 0. The molecular weight excluding hydrogens is 192 g/mol. The van der Waals surface area contributed by atoms with Gasteiger partial charge in [-0.25, -0.2) is 0 Å². The van der Waals surface area contributed by atoms with Gasteiger partial charge in [0.25, 0.3) is 0 Å². The highest BCUT2D eigenvalue weighted by Crippen LogP contribution is 2.33. The lowest BCUT2D eigenvalue weighted by Gasteiger charge is -2.31. The monoisotopic (exact) mass is 212 g/mol. The number of amides is 1. The lowest BCUT2D eigenvalue weighted by molar-refractivity contribution is -0.127. The molecule has 1 unspecified atom stereocenters. The van der Waals surface area contributed by atoms with E-state index in [9.17, 15) is 9.90 Å². The van der Waals surface area contributed by atoms with Crippen molar-refractivity contribution in [2.75, 3.05) is 19.7 Å². The van der Waals surface area contributed by atoms with Crippen LogP contribution in [0.1, 0.15) is 26.7 Å². The normalized spacial score (nSPS) is 32.2. The van der Waals surface area contributed by atoms with E-state index in [1.165, 1.54) is 12.8 Å². The van der Waals surface area contributed by atoms with Gasteiger partial charge in [0, 0.05) is 19.1 Å². The summed E-state index contributed by atoms with van der Waals surface area (Å²) in [5.74, 6) is -0.0185. The Morgan fingerprint density at radius 3 is 2.73 bits per heavy atom.